The average molecular weight is 249 g/mol. The Morgan fingerprint density at radius 1 is 1.25 bits per heavy atom. The summed E-state index contributed by atoms with van der Waals surface area (Å²) in [6.45, 7) is 6.05. The smallest absolute Gasteiger partial charge is 0.219 e. The molecular weight excluding hydrogens is 228 g/mol. The summed E-state index contributed by atoms with van der Waals surface area (Å²) in [5, 5.41) is 3.37. The lowest BCUT2D eigenvalue weighted by molar-refractivity contribution is -0.139. The minimum absolute atomic E-state index is 0. The van der Waals surface area contributed by atoms with E-state index in [1.165, 1.54) is 0 Å². The molecule has 0 bridgehead atoms. The number of carbonyl (C=O) groups is 1. The van der Waals surface area contributed by atoms with E-state index in [1.54, 1.807) is 6.92 Å². The highest BCUT2D eigenvalue weighted by molar-refractivity contribution is 5.85. The maximum absolute atomic E-state index is 11.7. The van der Waals surface area contributed by atoms with Crippen LogP contribution in [0.2, 0.25) is 0 Å². The molecule has 0 atom stereocenters. The molecule has 2 fully saturated rings. The highest BCUT2D eigenvalue weighted by atomic mass is 35.5. The zero-order valence-corrected chi connectivity index (χ0v) is 10.6. The number of carbonyl (C=O) groups excluding carboxylic acids is 1. The molecule has 16 heavy (non-hydrogen) atoms. The lowest BCUT2D eigenvalue weighted by Crippen LogP contribution is -2.54. The first-order valence-electron chi connectivity index (χ1n) is 5.81. The number of hydrogen-bond acceptors (Lipinski definition) is 3. The number of rotatable bonds is 0. The molecule has 2 saturated heterocycles. The Morgan fingerprint density at radius 2 is 1.94 bits per heavy atom. The summed E-state index contributed by atoms with van der Waals surface area (Å²) in [5.41, 5.74) is 0.0770. The van der Waals surface area contributed by atoms with Crippen LogP contribution in [0, 0.1) is 0 Å². The standard InChI is InChI=1S/C11H20N2O2.ClH/c1-10(14)13-7-6-12-5-2-11(13)3-8-15-9-4-11;/h12H,2-9H2,1H3;1H. The van der Waals surface area contributed by atoms with Gasteiger partial charge in [0.05, 0.1) is 0 Å². The monoisotopic (exact) mass is 248 g/mol. The molecule has 0 radical (unpaired) electrons. The van der Waals surface area contributed by atoms with E-state index in [2.05, 4.69) is 10.2 Å². The summed E-state index contributed by atoms with van der Waals surface area (Å²) in [4.78, 5) is 13.7. The van der Waals surface area contributed by atoms with Gasteiger partial charge in [-0.15, -0.1) is 12.4 Å². The predicted molar refractivity (Wildman–Crippen MR) is 64.9 cm³/mol. The molecule has 1 amide bonds. The SMILES string of the molecule is CC(=O)N1CCNCCC12CCOCC2.Cl. The molecule has 2 heterocycles. The fourth-order valence-electron chi connectivity index (χ4n) is 2.77. The molecular formula is C11H21ClN2O2. The van der Waals surface area contributed by atoms with Crippen LogP contribution in [0.4, 0.5) is 0 Å². The number of nitrogens with zero attached hydrogens (tertiary/aromatic N) is 1. The van der Waals surface area contributed by atoms with E-state index >= 15 is 0 Å². The van der Waals surface area contributed by atoms with E-state index in [0.717, 1.165) is 52.1 Å². The second-order valence-corrected chi connectivity index (χ2v) is 4.51. The van der Waals surface area contributed by atoms with Crippen LogP contribution in [0.25, 0.3) is 0 Å². The van der Waals surface area contributed by atoms with Gasteiger partial charge in [0.25, 0.3) is 0 Å². The van der Waals surface area contributed by atoms with Crippen LogP contribution in [-0.2, 0) is 9.53 Å². The van der Waals surface area contributed by atoms with E-state index in [1.807, 2.05) is 0 Å². The number of nitrogens with one attached hydrogen (secondary N) is 1. The predicted octanol–water partition coefficient (Wildman–Crippen LogP) is 0.799. The van der Waals surface area contributed by atoms with Crippen LogP contribution < -0.4 is 5.32 Å². The van der Waals surface area contributed by atoms with Gasteiger partial charge < -0.3 is 15.0 Å². The molecule has 0 aromatic heterocycles. The van der Waals surface area contributed by atoms with Crippen molar-refractivity contribution in [2.24, 2.45) is 0 Å². The van der Waals surface area contributed by atoms with E-state index in [0.29, 0.717) is 0 Å². The van der Waals surface area contributed by atoms with Crippen molar-refractivity contribution in [2.75, 3.05) is 32.8 Å². The van der Waals surface area contributed by atoms with Crippen LogP contribution in [0.5, 0.6) is 0 Å². The summed E-state index contributed by atoms with van der Waals surface area (Å²) < 4.78 is 5.41. The summed E-state index contributed by atoms with van der Waals surface area (Å²) in [7, 11) is 0. The van der Waals surface area contributed by atoms with Gasteiger partial charge in [0, 0.05) is 38.8 Å². The zero-order valence-electron chi connectivity index (χ0n) is 9.83. The molecule has 0 aromatic rings. The van der Waals surface area contributed by atoms with Crippen LogP contribution in [0.1, 0.15) is 26.2 Å². The molecule has 5 heteroatoms. The average Bonchev–Trinajstić information content (AvgIpc) is 2.42. The van der Waals surface area contributed by atoms with Crippen molar-refractivity contribution in [3.8, 4) is 0 Å². The van der Waals surface area contributed by atoms with Crippen molar-refractivity contribution >= 4 is 18.3 Å². The molecule has 0 aliphatic carbocycles. The van der Waals surface area contributed by atoms with Crippen LogP contribution >= 0.6 is 12.4 Å². The third-order valence-electron chi connectivity index (χ3n) is 3.66. The van der Waals surface area contributed by atoms with Gasteiger partial charge in [-0.05, 0) is 25.8 Å². The maximum atomic E-state index is 11.7. The molecule has 94 valence electrons. The summed E-state index contributed by atoms with van der Waals surface area (Å²) in [6, 6.07) is 0. The first-order valence-corrected chi connectivity index (χ1v) is 5.81. The molecule has 2 aliphatic heterocycles. The first-order chi connectivity index (χ1) is 7.25. The van der Waals surface area contributed by atoms with Crippen molar-refractivity contribution in [1.82, 2.24) is 10.2 Å². The molecule has 4 nitrogen and oxygen atoms in total. The fourth-order valence-corrected chi connectivity index (χ4v) is 2.77. The Balaban J connectivity index is 0.00000128. The van der Waals surface area contributed by atoms with Gasteiger partial charge in [0.1, 0.15) is 0 Å². The molecule has 1 N–H and O–H groups in total. The minimum Gasteiger partial charge on any atom is -0.381 e. The van der Waals surface area contributed by atoms with Gasteiger partial charge >= 0.3 is 0 Å². The topological polar surface area (TPSA) is 41.6 Å². The number of ether oxygens (including phenoxy) is 1. The molecule has 2 aliphatic rings. The summed E-state index contributed by atoms with van der Waals surface area (Å²) in [6.07, 6.45) is 3.05. The Hall–Kier alpha value is -0.320. The van der Waals surface area contributed by atoms with Crippen molar-refractivity contribution in [3.63, 3.8) is 0 Å². The zero-order chi connectivity index (χ0) is 10.7. The molecule has 0 saturated carbocycles. The third-order valence-corrected chi connectivity index (χ3v) is 3.66. The molecule has 1 spiro atoms. The Labute approximate surface area is 103 Å². The van der Waals surface area contributed by atoms with Gasteiger partial charge in [-0.3, -0.25) is 4.79 Å². The maximum Gasteiger partial charge on any atom is 0.219 e. The summed E-state index contributed by atoms with van der Waals surface area (Å²) in [5.74, 6) is 0.209. The highest BCUT2D eigenvalue weighted by Crippen LogP contribution is 2.32. The molecule has 0 aromatic carbocycles. The third kappa shape index (κ3) is 2.67. The van der Waals surface area contributed by atoms with Crippen LogP contribution in [-0.4, -0.2) is 49.2 Å². The highest BCUT2D eigenvalue weighted by Gasteiger charge is 2.40. The number of amides is 1. The lowest BCUT2D eigenvalue weighted by Gasteiger charge is -2.45. The van der Waals surface area contributed by atoms with Crippen molar-refractivity contribution in [2.45, 2.75) is 31.7 Å². The van der Waals surface area contributed by atoms with E-state index in [9.17, 15) is 4.79 Å². The molecule has 2 rings (SSSR count). The van der Waals surface area contributed by atoms with Gasteiger partial charge in [-0.2, -0.15) is 0 Å². The summed E-state index contributed by atoms with van der Waals surface area (Å²) >= 11 is 0. The second-order valence-electron chi connectivity index (χ2n) is 4.51. The Morgan fingerprint density at radius 3 is 2.56 bits per heavy atom. The second kappa shape index (κ2) is 5.84. The van der Waals surface area contributed by atoms with Gasteiger partial charge in [-0.1, -0.05) is 0 Å². The van der Waals surface area contributed by atoms with Crippen LogP contribution in [0.3, 0.4) is 0 Å². The number of halogens is 1. The normalized spacial score (nSPS) is 24.7. The van der Waals surface area contributed by atoms with Gasteiger partial charge in [-0.25, -0.2) is 0 Å². The van der Waals surface area contributed by atoms with Crippen LogP contribution in [0.15, 0.2) is 0 Å². The quantitative estimate of drug-likeness (QED) is 0.690. The largest absolute Gasteiger partial charge is 0.381 e. The fraction of sp³-hybridized carbons (Fsp3) is 0.909. The van der Waals surface area contributed by atoms with E-state index < -0.39 is 0 Å². The Bertz CT molecular complexity index is 242. The lowest BCUT2D eigenvalue weighted by atomic mass is 9.85. The van der Waals surface area contributed by atoms with Crippen molar-refractivity contribution in [3.05, 3.63) is 0 Å². The van der Waals surface area contributed by atoms with Gasteiger partial charge in [0.15, 0.2) is 0 Å². The van der Waals surface area contributed by atoms with E-state index in [-0.39, 0.29) is 23.9 Å². The minimum atomic E-state index is 0. The van der Waals surface area contributed by atoms with E-state index in [4.69, 9.17) is 4.74 Å². The number of hydrogen-bond donors (Lipinski definition) is 1. The Kier molecular flexibility index (Phi) is 5.02. The molecule has 0 unspecified atom stereocenters. The van der Waals surface area contributed by atoms with Gasteiger partial charge in [0.2, 0.25) is 5.91 Å². The van der Waals surface area contributed by atoms with Crippen molar-refractivity contribution in [1.29, 1.82) is 0 Å². The van der Waals surface area contributed by atoms with Crippen molar-refractivity contribution < 1.29 is 9.53 Å². The first kappa shape index (κ1) is 13.7.